The second-order valence-corrected chi connectivity index (χ2v) is 4.69. The largest absolute Gasteiger partial charge is 0.478 e. The Morgan fingerprint density at radius 2 is 1.90 bits per heavy atom. The fourth-order valence-electron chi connectivity index (χ4n) is 1.69. The highest BCUT2D eigenvalue weighted by molar-refractivity contribution is 6.30. The van der Waals surface area contributed by atoms with Crippen molar-refractivity contribution in [2.75, 3.05) is 0 Å². The Morgan fingerprint density at radius 3 is 2.50 bits per heavy atom. The molecule has 0 radical (unpaired) electrons. The SMILES string of the molecule is Cc1cc(C=CC(=O)O)ccc1Oc1ccc(Cl)cc1. The number of carboxylic acids is 1. The summed E-state index contributed by atoms with van der Waals surface area (Å²) in [4.78, 5) is 10.5. The van der Waals surface area contributed by atoms with Gasteiger partial charge in [0.25, 0.3) is 0 Å². The van der Waals surface area contributed by atoms with Crippen molar-refractivity contribution in [2.24, 2.45) is 0 Å². The average molecular weight is 289 g/mol. The lowest BCUT2D eigenvalue weighted by Crippen LogP contribution is -1.89. The maximum Gasteiger partial charge on any atom is 0.328 e. The summed E-state index contributed by atoms with van der Waals surface area (Å²) in [7, 11) is 0. The van der Waals surface area contributed by atoms with E-state index < -0.39 is 5.97 Å². The molecule has 4 heteroatoms. The maximum atomic E-state index is 10.5. The summed E-state index contributed by atoms with van der Waals surface area (Å²) in [6.07, 6.45) is 2.65. The lowest BCUT2D eigenvalue weighted by atomic mass is 10.1. The molecule has 0 atom stereocenters. The van der Waals surface area contributed by atoms with Crippen molar-refractivity contribution in [2.45, 2.75) is 6.92 Å². The third kappa shape index (κ3) is 3.87. The molecule has 0 aliphatic rings. The minimum Gasteiger partial charge on any atom is -0.478 e. The minimum atomic E-state index is -0.968. The number of benzene rings is 2. The van der Waals surface area contributed by atoms with Gasteiger partial charge in [-0.1, -0.05) is 17.7 Å². The number of hydrogen-bond donors (Lipinski definition) is 1. The first kappa shape index (κ1) is 14.2. The van der Waals surface area contributed by atoms with E-state index in [1.807, 2.05) is 19.1 Å². The van der Waals surface area contributed by atoms with Crippen LogP contribution >= 0.6 is 11.6 Å². The van der Waals surface area contributed by atoms with Crippen molar-refractivity contribution in [1.29, 1.82) is 0 Å². The predicted molar refractivity (Wildman–Crippen MR) is 79.4 cm³/mol. The molecule has 0 saturated heterocycles. The van der Waals surface area contributed by atoms with Crippen molar-refractivity contribution in [3.8, 4) is 11.5 Å². The number of rotatable bonds is 4. The molecule has 0 unspecified atom stereocenters. The number of aliphatic carboxylic acids is 1. The van der Waals surface area contributed by atoms with Crippen LogP contribution in [0.1, 0.15) is 11.1 Å². The molecule has 0 bridgehead atoms. The summed E-state index contributed by atoms with van der Waals surface area (Å²) in [6.45, 7) is 1.91. The van der Waals surface area contributed by atoms with Crippen LogP contribution in [0, 0.1) is 6.92 Å². The third-order valence-electron chi connectivity index (χ3n) is 2.66. The molecule has 0 aliphatic carbocycles. The van der Waals surface area contributed by atoms with Crippen LogP contribution in [-0.2, 0) is 4.79 Å². The average Bonchev–Trinajstić information content (AvgIpc) is 2.41. The molecule has 2 rings (SSSR count). The Morgan fingerprint density at radius 1 is 1.20 bits per heavy atom. The molecule has 102 valence electrons. The van der Waals surface area contributed by atoms with Crippen LogP contribution in [-0.4, -0.2) is 11.1 Å². The van der Waals surface area contributed by atoms with Crippen molar-refractivity contribution in [1.82, 2.24) is 0 Å². The number of aryl methyl sites for hydroxylation is 1. The van der Waals surface area contributed by atoms with Crippen LogP contribution in [0.2, 0.25) is 5.02 Å². The smallest absolute Gasteiger partial charge is 0.328 e. The summed E-state index contributed by atoms with van der Waals surface area (Å²) in [5.74, 6) is 0.454. The molecule has 20 heavy (non-hydrogen) atoms. The van der Waals surface area contributed by atoms with Crippen molar-refractivity contribution in [3.05, 3.63) is 64.7 Å². The summed E-state index contributed by atoms with van der Waals surface area (Å²) >= 11 is 5.82. The van der Waals surface area contributed by atoms with E-state index >= 15 is 0 Å². The van der Waals surface area contributed by atoms with E-state index in [1.54, 1.807) is 36.4 Å². The van der Waals surface area contributed by atoms with Gasteiger partial charge >= 0.3 is 5.97 Å². The van der Waals surface area contributed by atoms with E-state index in [-0.39, 0.29) is 0 Å². The molecule has 0 heterocycles. The topological polar surface area (TPSA) is 46.5 Å². The Labute approximate surface area is 122 Å². The summed E-state index contributed by atoms with van der Waals surface area (Å²) < 4.78 is 5.75. The number of halogens is 1. The highest BCUT2D eigenvalue weighted by Crippen LogP contribution is 2.27. The Balaban J connectivity index is 2.17. The van der Waals surface area contributed by atoms with E-state index in [9.17, 15) is 4.79 Å². The molecule has 0 spiro atoms. The highest BCUT2D eigenvalue weighted by Gasteiger charge is 2.02. The molecule has 2 aromatic rings. The van der Waals surface area contributed by atoms with Gasteiger partial charge in [-0.3, -0.25) is 0 Å². The van der Waals surface area contributed by atoms with E-state index in [0.717, 1.165) is 23.0 Å². The molecule has 0 amide bonds. The molecule has 0 fully saturated rings. The molecule has 0 saturated carbocycles. The lowest BCUT2D eigenvalue weighted by molar-refractivity contribution is -0.131. The Hall–Kier alpha value is -2.26. The van der Waals surface area contributed by atoms with Crippen molar-refractivity contribution in [3.63, 3.8) is 0 Å². The van der Waals surface area contributed by atoms with Crippen LogP contribution < -0.4 is 4.74 Å². The number of carbonyl (C=O) groups is 1. The van der Waals surface area contributed by atoms with Gasteiger partial charge in [-0.2, -0.15) is 0 Å². The monoisotopic (exact) mass is 288 g/mol. The predicted octanol–water partition coefficient (Wildman–Crippen LogP) is 4.54. The summed E-state index contributed by atoms with van der Waals surface area (Å²) in [5, 5.41) is 9.25. The summed E-state index contributed by atoms with van der Waals surface area (Å²) in [6, 6.07) is 12.6. The van der Waals surface area contributed by atoms with Crippen LogP contribution in [0.3, 0.4) is 0 Å². The van der Waals surface area contributed by atoms with Gasteiger partial charge < -0.3 is 9.84 Å². The van der Waals surface area contributed by atoms with Gasteiger partial charge in [0, 0.05) is 11.1 Å². The lowest BCUT2D eigenvalue weighted by Gasteiger charge is -2.09. The van der Waals surface area contributed by atoms with Gasteiger partial charge in [-0.25, -0.2) is 4.79 Å². The fourth-order valence-corrected chi connectivity index (χ4v) is 1.81. The zero-order valence-electron chi connectivity index (χ0n) is 10.8. The van der Waals surface area contributed by atoms with E-state index in [4.69, 9.17) is 21.4 Å². The maximum absolute atomic E-state index is 10.5. The molecular weight excluding hydrogens is 276 g/mol. The standard InChI is InChI=1S/C16H13ClO3/c1-11-10-12(3-9-16(18)19)2-8-15(11)20-14-6-4-13(17)5-7-14/h2-10H,1H3,(H,18,19). The van der Waals surface area contributed by atoms with Gasteiger partial charge in [-0.15, -0.1) is 0 Å². The van der Waals surface area contributed by atoms with E-state index in [2.05, 4.69) is 0 Å². The van der Waals surface area contributed by atoms with Gasteiger partial charge in [0.05, 0.1) is 0 Å². The highest BCUT2D eigenvalue weighted by atomic mass is 35.5. The van der Waals surface area contributed by atoms with Crippen LogP contribution in [0.4, 0.5) is 0 Å². The normalized spacial score (nSPS) is 10.7. The van der Waals surface area contributed by atoms with Gasteiger partial charge in [0.1, 0.15) is 11.5 Å². The zero-order chi connectivity index (χ0) is 14.5. The van der Waals surface area contributed by atoms with Crippen LogP contribution in [0.5, 0.6) is 11.5 Å². The van der Waals surface area contributed by atoms with Crippen LogP contribution in [0.25, 0.3) is 6.08 Å². The van der Waals surface area contributed by atoms with Crippen molar-refractivity contribution < 1.29 is 14.6 Å². The molecule has 0 aromatic heterocycles. The second kappa shape index (κ2) is 6.26. The first-order valence-electron chi connectivity index (χ1n) is 6.00. The molecule has 2 aromatic carbocycles. The second-order valence-electron chi connectivity index (χ2n) is 4.25. The Kier molecular flexibility index (Phi) is 4.43. The van der Waals surface area contributed by atoms with E-state index in [1.165, 1.54) is 0 Å². The number of carboxylic acid groups (broad SMARTS) is 1. The van der Waals surface area contributed by atoms with Crippen LogP contribution in [0.15, 0.2) is 48.5 Å². The number of ether oxygens (including phenoxy) is 1. The summed E-state index contributed by atoms with van der Waals surface area (Å²) in [5.41, 5.74) is 1.74. The number of hydrogen-bond acceptors (Lipinski definition) is 2. The molecule has 3 nitrogen and oxygen atoms in total. The molecular formula is C16H13ClO3. The quantitative estimate of drug-likeness (QED) is 0.840. The first-order valence-corrected chi connectivity index (χ1v) is 6.37. The van der Waals surface area contributed by atoms with Gasteiger partial charge in [-0.05, 0) is 60.5 Å². The third-order valence-corrected chi connectivity index (χ3v) is 2.91. The fraction of sp³-hybridized carbons (Fsp3) is 0.0625. The molecule has 0 aliphatic heterocycles. The first-order chi connectivity index (χ1) is 9.54. The van der Waals surface area contributed by atoms with Gasteiger partial charge in [0.2, 0.25) is 0 Å². The zero-order valence-corrected chi connectivity index (χ0v) is 11.6. The minimum absolute atomic E-state index is 0.656. The van der Waals surface area contributed by atoms with E-state index in [0.29, 0.717) is 10.8 Å². The Bertz CT molecular complexity index is 645. The van der Waals surface area contributed by atoms with Gasteiger partial charge in [0.15, 0.2) is 0 Å². The molecule has 1 N–H and O–H groups in total. The van der Waals surface area contributed by atoms with Crippen molar-refractivity contribution >= 4 is 23.6 Å².